The van der Waals surface area contributed by atoms with Gasteiger partial charge in [0.15, 0.2) is 6.04 Å². The molecule has 344 valence electrons. The average Bonchev–Trinajstić information content (AvgIpc) is 4.16. The normalized spacial score (nSPS) is 25.8. The molecule has 2 aliphatic heterocycles. The molecule has 4 heterocycles. The summed E-state index contributed by atoms with van der Waals surface area (Å²) in [7, 11) is 2.77. The largest absolute Gasteiger partial charge is 0.467 e. The van der Waals surface area contributed by atoms with Crippen molar-refractivity contribution in [1.29, 1.82) is 0 Å². The Bertz CT molecular complexity index is 2750. The minimum absolute atomic E-state index is 0.132. The molecule has 6 aromatic rings. The second-order valence-corrected chi connectivity index (χ2v) is 20.0. The lowest BCUT2D eigenvalue weighted by Gasteiger charge is -2.31. The number of rotatable bonds is 10. The van der Waals surface area contributed by atoms with Gasteiger partial charge in [-0.25, -0.2) is 19.6 Å². The topological polar surface area (TPSA) is 155 Å². The molecule has 14 rings (SSSR count). The highest BCUT2D eigenvalue weighted by Gasteiger charge is 2.41. The number of aromatic amines is 2. The summed E-state index contributed by atoms with van der Waals surface area (Å²) in [5, 5.41) is 10.4. The Balaban J connectivity index is 0.754. The monoisotopic (exact) mass is 889 g/mol. The molecule has 1 amide bonds. The van der Waals surface area contributed by atoms with Crippen molar-refractivity contribution in [3.8, 4) is 22.3 Å². The van der Waals surface area contributed by atoms with Gasteiger partial charge in [0.25, 0.3) is 0 Å². The van der Waals surface area contributed by atoms with E-state index in [1.807, 2.05) is 0 Å². The Morgan fingerprint density at radius 2 is 1.27 bits per heavy atom. The molecule has 9 atom stereocenters. The summed E-state index contributed by atoms with van der Waals surface area (Å²) in [6.07, 6.45) is 13.2. The van der Waals surface area contributed by atoms with Gasteiger partial charge in [0, 0.05) is 19.2 Å². The van der Waals surface area contributed by atoms with E-state index in [4.69, 9.17) is 24.2 Å². The fraction of sp³-hybridized carbons (Fsp3) is 0.481. The molecule has 4 fully saturated rings. The number of benzene rings is 4. The summed E-state index contributed by atoms with van der Waals surface area (Å²) in [5.41, 5.74) is 14.8. The number of carbonyl (C=O) groups is 2. The van der Waals surface area contributed by atoms with E-state index in [1.54, 1.807) is 6.92 Å². The zero-order valence-electron chi connectivity index (χ0n) is 38.5. The minimum atomic E-state index is -0.937. The molecule has 0 spiro atoms. The zero-order valence-corrected chi connectivity index (χ0v) is 38.5. The number of aromatic nitrogens is 4. The van der Waals surface area contributed by atoms with Gasteiger partial charge >= 0.3 is 12.1 Å². The van der Waals surface area contributed by atoms with E-state index < -0.39 is 24.2 Å². The van der Waals surface area contributed by atoms with Crippen LogP contribution in [0.15, 0.2) is 72.8 Å². The molecule has 66 heavy (non-hydrogen) atoms. The number of imidazole rings is 2. The minimum Gasteiger partial charge on any atom is -0.467 e. The van der Waals surface area contributed by atoms with Crippen molar-refractivity contribution >= 4 is 34.1 Å². The van der Waals surface area contributed by atoms with E-state index >= 15 is 0 Å². The average molecular weight is 890 g/mol. The van der Waals surface area contributed by atoms with Crippen LogP contribution in [0.1, 0.15) is 111 Å². The molecule has 0 radical (unpaired) electrons. The fourth-order valence-electron chi connectivity index (χ4n) is 12.1. The van der Waals surface area contributed by atoms with Gasteiger partial charge in [-0.1, -0.05) is 61.4 Å². The van der Waals surface area contributed by atoms with Crippen molar-refractivity contribution in [3.63, 3.8) is 0 Å². The summed E-state index contributed by atoms with van der Waals surface area (Å²) in [4.78, 5) is 42.5. The highest BCUT2D eigenvalue weighted by atomic mass is 16.6. The Morgan fingerprint density at radius 1 is 0.682 bits per heavy atom. The first-order valence-electron chi connectivity index (χ1n) is 24.5. The Hall–Kier alpha value is -5.56. The van der Waals surface area contributed by atoms with Crippen molar-refractivity contribution in [2.24, 2.45) is 17.8 Å². The predicted molar refractivity (Wildman–Crippen MR) is 256 cm³/mol. The van der Waals surface area contributed by atoms with Gasteiger partial charge < -0.3 is 40.1 Å². The van der Waals surface area contributed by atoms with Crippen LogP contribution in [-0.4, -0.2) is 77.1 Å². The van der Waals surface area contributed by atoms with Crippen LogP contribution in [0.5, 0.6) is 0 Å². The van der Waals surface area contributed by atoms with E-state index in [0.717, 1.165) is 91.0 Å². The fourth-order valence-corrected chi connectivity index (χ4v) is 12.1. The Kier molecular flexibility index (Phi) is 11.9. The van der Waals surface area contributed by atoms with Crippen LogP contribution in [0.25, 0.3) is 44.3 Å². The van der Waals surface area contributed by atoms with Gasteiger partial charge in [-0.15, -0.1) is 0 Å². The number of aryl methyl sites for hydroxylation is 4. The third-order valence-corrected chi connectivity index (χ3v) is 15.9. The van der Waals surface area contributed by atoms with Gasteiger partial charge in [-0.2, -0.15) is 0 Å². The first-order chi connectivity index (χ1) is 32.2. The van der Waals surface area contributed by atoms with Crippen LogP contribution in [0.4, 0.5) is 4.79 Å². The molecule has 5 N–H and O–H groups in total. The molecule has 2 unspecified atom stereocenters. The lowest BCUT2D eigenvalue weighted by atomic mass is 9.79. The maximum atomic E-state index is 12.7. The maximum Gasteiger partial charge on any atom is 0.407 e. The van der Waals surface area contributed by atoms with E-state index in [9.17, 15) is 9.59 Å². The van der Waals surface area contributed by atoms with Gasteiger partial charge in [0.05, 0.1) is 54.0 Å². The summed E-state index contributed by atoms with van der Waals surface area (Å²) < 4.78 is 15.7. The second-order valence-electron chi connectivity index (χ2n) is 20.0. The van der Waals surface area contributed by atoms with Gasteiger partial charge in [-0.3, -0.25) is 0 Å². The van der Waals surface area contributed by atoms with Crippen LogP contribution in [-0.2, 0) is 44.7 Å². The van der Waals surface area contributed by atoms with Crippen LogP contribution in [0.3, 0.4) is 0 Å². The van der Waals surface area contributed by atoms with Gasteiger partial charge in [0.2, 0.25) is 0 Å². The van der Waals surface area contributed by atoms with Crippen LogP contribution in [0, 0.1) is 17.8 Å². The summed E-state index contributed by atoms with van der Waals surface area (Å²) in [5.74, 6) is 3.06. The molecule has 2 saturated heterocycles. The molecule has 12 nitrogen and oxygen atoms in total. The molecule has 8 aliphatic rings. The number of carbonyl (C=O) groups excluding carboxylic acids is 2. The molecule has 4 bridgehead atoms. The smallest absolute Gasteiger partial charge is 0.407 e. The van der Waals surface area contributed by atoms with Crippen molar-refractivity contribution in [1.82, 2.24) is 35.9 Å². The first kappa shape index (κ1) is 43.0. The van der Waals surface area contributed by atoms with Gasteiger partial charge in [-0.05, 0) is 164 Å². The number of methoxy groups -OCH3 is 2. The number of fused-ring (bicyclic) bond motifs is 4. The lowest BCUT2D eigenvalue weighted by Crippen LogP contribution is -2.49. The quantitative estimate of drug-likeness (QED) is 0.0847. The number of amides is 1. The zero-order chi connectivity index (χ0) is 44.9. The molecular weight excluding hydrogens is 827 g/mol. The maximum absolute atomic E-state index is 12.7. The van der Waals surface area contributed by atoms with E-state index in [2.05, 4.69) is 98.7 Å². The molecular formula is C54H63N7O5. The summed E-state index contributed by atoms with van der Waals surface area (Å²) in [6.45, 7) is 2.00. The Morgan fingerprint density at radius 3 is 1.86 bits per heavy atom. The van der Waals surface area contributed by atoms with Crippen molar-refractivity contribution in [3.05, 3.63) is 107 Å². The van der Waals surface area contributed by atoms with Crippen molar-refractivity contribution in [2.75, 3.05) is 20.8 Å². The first-order valence-corrected chi connectivity index (χ1v) is 24.5. The number of hydrogen-bond donors (Lipinski definition) is 5. The summed E-state index contributed by atoms with van der Waals surface area (Å²) in [6, 6.07) is 28.3. The van der Waals surface area contributed by atoms with E-state index in [0.29, 0.717) is 30.7 Å². The number of H-pyrrole nitrogens is 2. The van der Waals surface area contributed by atoms with Gasteiger partial charge in [0.1, 0.15) is 11.6 Å². The number of esters is 1. The predicted octanol–water partition coefficient (Wildman–Crippen LogP) is 9.37. The number of nitrogens with one attached hydrogen (secondary N) is 5. The van der Waals surface area contributed by atoms with Crippen molar-refractivity contribution in [2.45, 2.75) is 127 Å². The van der Waals surface area contributed by atoms with E-state index in [1.165, 1.54) is 90.8 Å². The van der Waals surface area contributed by atoms with Crippen LogP contribution in [0.2, 0.25) is 0 Å². The Labute approximate surface area is 386 Å². The van der Waals surface area contributed by atoms with Crippen molar-refractivity contribution < 1.29 is 23.8 Å². The summed E-state index contributed by atoms with van der Waals surface area (Å²) >= 11 is 0. The SMILES string of the molecule is COC(=O)[C@@H](NC(=O)OCC1CC[C@H]2C[C@@H](c3nc4ccc(-c5cc6ccc5CCc5ccc(c(-c7ccc8nc(C9C[C@@H]%10CCCC[C@@H]%10N9)[nH]c8c7)c5)CC6)cc4[nH]3)N[C@H]2C1)[C@@H](C)OC. The van der Waals surface area contributed by atoms with Crippen LogP contribution < -0.4 is 16.0 Å². The third-order valence-electron chi connectivity index (χ3n) is 15.9. The molecule has 2 saturated carbocycles. The highest BCUT2D eigenvalue weighted by Crippen LogP contribution is 2.42. The molecule has 12 heteroatoms. The number of hydrogen-bond acceptors (Lipinski definition) is 9. The lowest BCUT2D eigenvalue weighted by molar-refractivity contribution is -0.146. The van der Waals surface area contributed by atoms with Crippen LogP contribution >= 0.6 is 0 Å². The molecule has 2 aromatic heterocycles. The van der Waals surface area contributed by atoms with E-state index in [-0.39, 0.29) is 12.0 Å². The highest BCUT2D eigenvalue weighted by molar-refractivity contribution is 5.85. The third kappa shape index (κ3) is 8.63. The second kappa shape index (κ2) is 18.3. The molecule has 4 aromatic carbocycles. The molecule has 6 aliphatic carbocycles. The standard InChI is InChI=1S/C54H63N7O5/c1-30(64-2)50(53(62)65-3)61-54(63)66-29-33-12-17-39-28-49(56-45(39)24-33)52-58-44-21-19-37(26-47(44)60-52)41-23-32-9-14-34-13-8-31(10-15-35(41)16-11-32)22-40(34)36-18-20-43-46(25-36)59-51(57-43)48-27-38-6-4-5-7-42(38)55-48/h8,11,13,16,18-23,25-26,30,33,38-39,42,45,48-50,55-56H,4-7,9-10,12,14-15,17,24,27-29H2,1-3H3,(H,57,59)(H,58,60)(H,61,63)/t30-,33?,38+,39+,42+,45+,48?,49+,50+/m1/s1. The number of ether oxygens (including phenoxy) is 3. The number of alkyl carbamates (subject to hydrolysis) is 1. The number of nitrogens with zero attached hydrogens (tertiary/aromatic N) is 2.